The maximum atomic E-state index is 13.0. The molecule has 2 aliphatic rings. The van der Waals surface area contributed by atoms with Crippen molar-refractivity contribution in [3.05, 3.63) is 35.9 Å². The molecule has 10 nitrogen and oxygen atoms in total. The molecule has 2 aliphatic heterocycles. The predicted molar refractivity (Wildman–Crippen MR) is 130 cm³/mol. The minimum absolute atomic E-state index is 0.0962. The molecule has 0 aliphatic carbocycles. The van der Waals surface area contributed by atoms with Gasteiger partial charge in [-0.15, -0.1) is 0 Å². The molecule has 3 rings (SSSR count). The van der Waals surface area contributed by atoms with Crippen molar-refractivity contribution in [2.75, 3.05) is 39.4 Å². The van der Waals surface area contributed by atoms with E-state index in [9.17, 15) is 19.5 Å². The summed E-state index contributed by atoms with van der Waals surface area (Å²) in [6.07, 6.45) is 1.34. The topological polar surface area (TPSA) is 126 Å². The number of aliphatic carboxylic acids is 1. The van der Waals surface area contributed by atoms with Crippen LogP contribution in [0.15, 0.2) is 30.3 Å². The second kappa shape index (κ2) is 12.9. The standard InChI is InChI=1S/C24H36BN3O7/c1-18(27-23(32)33-16-19-7-4-3-5-8-19)21(29)28-15-20(24(2,17-28)22(30)31)9-6-10-25-34-13-11-26-12-14-35-25/h3-5,7-8,18,20,26H,6,9-17H2,1-2H3,(H,27,32)(H,30,31)/t18-,20-,24+/m0/s1. The lowest BCUT2D eigenvalue weighted by Gasteiger charge is -2.26. The van der Waals surface area contributed by atoms with Gasteiger partial charge >= 0.3 is 19.2 Å². The summed E-state index contributed by atoms with van der Waals surface area (Å²) in [6.45, 7) is 6.49. The molecule has 0 unspecified atom stereocenters. The summed E-state index contributed by atoms with van der Waals surface area (Å²) in [4.78, 5) is 38.8. The van der Waals surface area contributed by atoms with Crippen LogP contribution >= 0.6 is 0 Å². The lowest BCUT2D eigenvalue weighted by atomic mass is 9.74. The number of nitrogens with zero attached hydrogens (tertiary/aromatic N) is 1. The summed E-state index contributed by atoms with van der Waals surface area (Å²) < 4.78 is 16.6. The van der Waals surface area contributed by atoms with Crippen molar-refractivity contribution in [3.63, 3.8) is 0 Å². The summed E-state index contributed by atoms with van der Waals surface area (Å²) in [6, 6.07) is 8.41. The molecule has 1 aromatic carbocycles. The minimum Gasteiger partial charge on any atom is -0.481 e. The van der Waals surface area contributed by atoms with E-state index < -0.39 is 23.5 Å². The molecule has 0 radical (unpaired) electrons. The number of carbonyl (C=O) groups excluding carboxylic acids is 2. The number of nitrogens with one attached hydrogen (secondary N) is 2. The summed E-state index contributed by atoms with van der Waals surface area (Å²) in [5, 5.41) is 15.7. The zero-order valence-corrected chi connectivity index (χ0v) is 20.5. The maximum Gasteiger partial charge on any atom is 0.456 e. The van der Waals surface area contributed by atoms with Crippen LogP contribution in [0, 0.1) is 11.3 Å². The Kier molecular flexibility index (Phi) is 9.94. The van der Waals surface area contributed by atoms with E-state index in [1.807, 2.05) is 30.3 Å². The predicted octanol–water partition coefficient (Wildman–Crippen LogP) is 1.76. The lowest BCUT2D eigenvalue weighted by molar-refractivity contribution is -0.149. The van der Waals surface area contributed by atoms with E-state index in [0.29, 0.717) is 32.5 Å². The van der Waals surface area contributed by atoms with Crippen LogP contribution in [0.25, 0.3) is 0 Å². The molecule has 192 valence electrons. The largest absolute Gasteiger partial charge is 0.481 e. The monoisotopic (exact) mass is 489 g/mol. The smallest absolute Gasteiger partial charge is 0.456 e. The van der Waals surface area contributed by atoms with Gasteiger partial charge in [-0.05, 0) is 38.1 Å². The number of rotatable bonds is 9. The van der Waals surface area contributed by atoms with Gasteiger partial charge in [0.2, 0.25) is 5.91 Å². The lowest BCUT2D eigenvalue weighted by Crippen LogP contribution is -2.47. The Morgan fingerprint density at radius 2 is 1.94 bits per heavy atom. The highest BCUT2D eigenvalue weighted by Crippen LogP contribution is 2.39. The van der Waals surface area contributed by atoms with E-state index in [0.717, 1.165) is 25.1 Å². The van der Waals surface area contributed by atoms with E-state index in [1.165, 1.54) is 4.90 Å². The van der Waals surface area contributed by atoms with Crippen LogP contribution in [0.1, 0.15) is 32.3 Å². The maximum absolute atomic E-state index is 13.0. The van der Waals surface area contributed by atoms with E-state index in [-0.39, 0.29) is 32.1 Å². The van der Waals surface area contributed by atoms with E-state index in [1.54, 1.807) is 13.8 Å². The zero-order chi connectivity index (χ0) is 25.3. The Morgan fingerprint density at radius 1 is 1.26 bits per heavy atom. The molecule has 0 saturated carbocycles. The molecule has 0 aromatic heterocycles. The molecule has 35 heavy (non-hydrogen) atoms. The van der Waals surface area contributed by atoms with Crippen molar-refractivity contribution in [1.29, 1.82) is 0 Å². The van der Waals surface area contributed by atoms with Crippen molar-refractivity contribution in [2.24, 2.45) is 11.3 Å². The fourth-order valence-electron chi connectivity index (χ4n) is 4.55. The van der Waals surface area contributed by atoms with Crippen LogP contribution in [-0.4, -0.2) is 80.5 Å². The van der Waals surface area contributed by atoms with Crippen LogP contribution in [0.2, 0.25) is 6.32 Å². The molecule has 2 heterocycles. The van der Waals surface area contributed by atoms with Crippen LogP contribution < -0.4 is 10.6 Å². The first-order valence-corrected chi connectivity index (χ1v) is 12.2. The molecular weight excluding hydrogens is 453 g/mol. The Bertz CT molecular complexity index is 851. The van der Waals surface area contributed by atoms with Gasteiger partial charge in [0.05, 0.1) is 5.41 Å². The highest BCUT2D eigenvalue weighted by molar-refractivity contribution is 6.44. The van der Waals surface area contributed by atoms with Crippen molar-refractivity contribution >= 4 is 25.1 Å². The van der Waals surface area contributed by atoms with Gasteiger partial charge in [-0.2, -0.15) is 0 Å². The number of hydrogen-bond acceptors (Lipinski definition) is 7. The molecule has 11 heteroatoms. The average Bonchev–Trinajstić information content (AvgIpc) is 3.17. The number of amides is 2. The Hall–Kier alpha value is -2.63. The van der Waals surface area contributed by atoms with Gasteiger partial charge < -0.3 is 34.7 Å². The first kappa shape index (κ1) is 27.0. The second-order valence-electron chi connectivity index (χ2n) is 9.42. The van der Waals surface area contributed by atoms with Gasteiger partial charge in [0.1, 0.15) is 12.6 Å². The molecule has 0 bridgehead atoms. The first-order valence-electron chi connectivity index (χ1n) is 12.2. The summed E-state index contributed by atoms with van der Waals surface area (Å²) in [5.41, 5.74) is -0.219. The number of carboxylic acids is 1. The third-order valence-electron chi connectivity index (χ3n) is 6.74. The highest BCUT2D eigenvalue weighted by Gasteiger charge is 2.50. The number of hydrogen-bond donors (Lipinski definition) is 3. The molecule has 1 aromatic rings. The van der Waals surface area contributed by atoms with Crippen LogP contribution in [-0.2, 0) is 30.2 Å². The number of likely N-dealkylation sites (tertiary alicyclic amines) is 1. The number of alkyl carbamates (subject to hydrolysis) is 1. The Morgan fingerprint density at radius 3 is 2.60 bits per heavy atom. The molecule has 0 spiro atoms. The Labute approximate surface area is 206 Å². The van der Waals surface area contributed by atoms with Gasteiger partial charge in [-0.25, -0.2) is 4.79 Å². The van der Waals surface area contributed by atoms with E-state index in [2.05, 4.69) is 10.6 Å². The zero-order valence-electron chi connectivity index (χ0n) is 20.5. The summed E-state index contributed by atoms with van der Waals surface area (Å²) in [7, 11) is -0.293. The third-order valence-corrected chi connectivity index (χ3v) is 6.74. The first-order chi connectivity index (χ1) is 16.8. The van der Waals surface area contributed by atoms with E-state index in [4.69, 9.17) is 14.0 Å². The quantitative estimate of drug-likeness (QED) is 0.448. The fraction of sp³-hybridized carbons (Fsp3) is 0.625. The molecular formula is C24H36BN3O7. The molecule has 3 atom stereocenters. The van der Waals surface area contributed by atoms with Crippen LogP contribution in [0.5, 0.6) is 0 Å². The number of carbonyl (C=O) groups is 3. The van der Waals surface area contributed by atoms with Gasteiger partial charge in [0.15, 0.2) is 0 Å². The number of benzene rings is 1. The number of carboxylic acid groups (broad SMARTS) is 1. The van der Waals surface area contributed by atoms with E-state index >= 15 is 0 Å². The van der Waals surface area contributed by atoms with Gasteiger partial charge in [-0.3, -0.25) is 9.59 Å². The van der Waals surface area contributed by atoms with Gasteiger partial charge in [0.25, 0.3) is 0 Å². The average molecular weight is 489 g/mol. The molecule has 3 N–H and O–H groups in total. The van der Waals surface area contributed by atoms with Gasteiger partial charge in [-0.1, -0.05) is 36.8 Å². The minimum atomic E-state index is -1.06. The van der Waals surface area contributed by atoms with Crippen molar-refractivity contribution in [1.82, 2.24) is 15.5 Å². The van der Waals surface area contributed by atoms with Crippen molar-refractivity contribution in [2.45, 2.75) is 45.7 Å². The van der Waals surface area contributed by atoms with Crippen LogP contribution in [0.4, 0.5) is 4.79 Å². The molecule has 2 fully saturated rings. The summed E-state index contributed by atoms with van der Waals surface area (Å²) in [5.74, 6) is -1.46. The molecule has 2 amide bonds. The van der Waals surface area contributed by atoms with Gasteiger partial charge in [0, 0.05) is 39.4 Å². The van der Waals surface area contributed by atoms with Crippen molar-refractivity contribution < 1.29 is 33.5 Å². The normalized spacial score (nSPS) is 23.8. The molecule has 2 saturated heterocycles. The second-order valence-corrected chi connectivity index (χ2v) is 9.42. The van der Waals surface area contributed by atoms with Crippen molar-refractivity contribution in [3.8, 4) is 0 Å². The third kappa shape index (κ3) is 7.68. The fourth-order valence-corrected chi connectivity index (χ4v) is 4.55. The summed E-state index contributed by atoms with van der Waals surface area (Å²) >= 11 is 0. The SMILES string of the molecule is C[C@H](NC(=O)OCc1ccccc1)C(=O)N1C[C@H](CCCB2OCCNCCO2)[C@](C)(C(=O)O)C1. The number of ether oxygens (including phenoxy) is 1. The Balaban J connectivity index is 1.49. The highest BCUT2D eigenvalue weighted by atomic mass is 16.6. The van der Waals surface area contributed by atoms with Crippen LogP contribution in [0.3, 0.4) is 0 Å².